The summed E-state index contributed by atoms with van der Waals surface area (Å²) in [6.45, 7) is 0.0665. The van der Waals surface area contributed by atoms with Crippen molar-refractivity contribution in [2.45, 2.75) is 35.9 Å². The number of amides is 2. The number of rotatable bonds is 8. The van der Waals surface area contributed by atoms with E-state index in [0.29, 0.717) is 18.6 Å². The Bertz CT molecular complexity index is 1170. The van der Waals surface area contributed by atoms with Crippen molar-refractivity contribution >= 4 is 22.0 Å². The fourth-order valence-electron chi connectivity index (χ4n) is 4.39. The van der Waals surface area contributed by atoms with Crippen molar-refractivity contribution in [2.24, 2.45) is 7.05 Å². The molecule has 190 valence electrons. The Hall–Kier alpha value is -3.27. The van der Waals surface area contributed by atoms with Gasteiger partial charge in [-0.1, -0.05) is 0 Å². The summed E-state index contributed by atoms with van der Waals surface area (Å²) in [5.41, 5.74) is 1.53. The van der Waals surface area contributed by atoms with Gasteiger partial charge in [-0.2, -0.15) is 9.40 Å². The van der Waals surface area contributed by atoms with E-state index in [-0.39, 0.29) is 30.5 Å². The van der Waals surface area contributed by atoms with Gasteiger partial charge >= 0.3 is 6.09 Å². The van der Waals surface area contributed by atoms with Crippen molar-refractivity contribution in [3.8, 4) is 11.6 Å². The number of hydrogen-bond acceptors (Lipinski definition) is 10. The number of carbonyl (C=O) groups excluding carboxylic acids is 2. The van der Waals surface area contributed by atoms with Crippen molar-refractivity contribution < 1.29 is 37.4 Å². The summed E-state index contributed by atoms with van der Waals surface area (Å²) < 4.78 is 45.2. The number of nitrogens with one attached hydrogen (secondary N) is 1. The van der Waals surface area contributed by atoms with Crippen LogP contribution in [0.2, 0.25) is 0 Å². The van der Waals surface area contributed by atoms with Crippen LogP contribution in [-0.2, 0) is 31.3 Å². The van der Waals surface area contributed by atoms with Crippen molar-refractivity contribution in [2.75, 3.05) is 26.9 Å². The second kappa shape index (κ2) is 10.2. The minimum absolute atomic E-state index is 0.0171. The largest absolute Gasteiger partial charge is 0.447 e. The number of sulfonamides is 1. The van der Waals surface area contributed by atoms with Gasteiger partial charge in [-0.05, 0) is 18.9 Å². The van der Waals surface area contributed by atoms with Crippen LogP contribution in [0.15, 0.2) is 35.6 Å². The molecule has 0 unspecified atom stereocenters. The monoisotopic (exact) mass is 510 g/mol. The quantitative estimate of drug-likeness (QED) is 0.283. The SMILES string of the molecule is COCCOC(=O)N1[C@@H]2CC[C@H]1[C@H](C(=O)NO)N(S(=O)(=O)c1ccc(Oc3cnn(C)c3)nc1)C2. The first-order valence-electron chi connectivity index (χ1n) is 10.8. The Morgan fingerprint density at radius 3 is 2.66 bits per heavy atom. The molecule has 2 fully saturated rings. The maximum atomic E-state index is 13.5. The van der Waals surface area contributed by atoms with E-state index in [1.165, 1.54) is 35.8 Å². The van der Waals surface area contributed by atoms with Crippen LogP contribution in [0.1, 0.15) is 12.8 Å². The summed E-state index contributed by atoms with van der Waals surface area (Å²) in [6.07, 6.45) is 4.41. The lowest BCUT2D eigenvalue weighted by molar-refractivity contribution is -0.136. The molecule has 2 bridgehead atoms. The fraction of sp³-hybridized carbons (Fsp3) is 0.500. The number of methoxy groups -OCH3 is 1. The Kier molecular flexibility index (Phi) is 7.20. The van der Waals surface area contributed by atoms with Gasteiger partial charge in [0.1, 0.15) is 17.5 Å². The van der Waals surface area contributed by atoms with Crippen molar-refractivity contribution in [1.29, 1.82) is 0 Å². The number of fused-ring (bicyclic) bond motifs is 2. The first-order chi connectivity index (χ1) is 16.8. The molecule has 35 heavy (non-hydrogen) atoms. The van der Waals surface area contributed by atoms with Crippen molar-refractivity contribution in [3.63, 3.8) is 0 Å². The predicted octanol–water partition coefficient (Wildman–Crippen LogP) is 0.102. The van der Waals surface area contributed by atoms with E-state index in [2.05, 4.69) is 10.1 Å². The Labute approximate surface area is 201 Å². The second-order valence-electron chi connectivity index (χ2n) is 8.09. The lowest BCUT2D eigenvalue weighted by Crippen LogP contribution is -2.66. The standard InChI is InChI=1S/C20H26N6O8S/c1-24-12-14(9-22-24)34-17-6-4-15(10-21-17)35(30,31)25-11-13-3-5-16(18(25)19(27)23-29)26(13)20(28)33-8-7-32-2/h4,6,9-10,12-13,16,18,29H,3,5,7-8,11H2,1-2H3,(H,23,27)/t13-,16+,18-/m1/s1. The second-order valence-corrected chi connectivity index (χ2v) is 9.98. The highest BCUT2D eigenvalue weighted by Gasteiger charge is 2.55. The third kappa shape index (κ3) is 4.93. The summed E-state index contributed by atoms with van der Waals surface area (Å²) in [5, 5.41) is 13.3. The number of nitrogens with zero attached hydrogens (tertiary/aromatic N) is 5. The number of ether oxygens (including phenoxy) is 3. The Morgan fingerprint density at radius 2 is 2.03 bits per heavy atom. The molecule has 0 aliphatic carbocycles. The molecule has 2 N–H and O–H groups in total. The van der Waals surface area contributed by atoms with Gasteiger partial charge in [0.15, 0.2) is 5.75 Å². The molecule has 0 spiro atoms. The molecule has 4 rings (SSSR count). The van der Waals surface area contributed by atoms with Gasteiger partial charge in [0.25, 0.3) is 5.91 Å². The molecule has 3 atom stereocenters. The molecule has 0 aromatic carbocycles. The Morgan fingerprint density at radius 1 is 1.23 bits per heavy atom. The van der Waals surface area contributed by atoms with Crippen LogP contribution in [0.5, 0.6) is 11.6 Å². The van der Waals surface area contributed by atoms with Crippen LogP contribution >= 0.6 is 0 Å². The maximum absolute atomic E-state index is 13.5. The van der Waals surface area contributed by atoms with E-state index in [0.717, 1.165) is 10.5 Å². The molecule has 15 heteroatoms. The van der Waals surface area contributed by atoms with Gasteiger partial charge < -0.3 is 14.2 Å². The average molecular weight is 511 g/mol. The number of hydrogen-bond donors (Lipinski definition) is 2. The van der Waals surface area contributed by atoms with E-state index in [1.54, 1.807) is 17.9 Å². The molecule has 0 radical (unpaired) electrons. The van der Waals surface area contributed by atoms with Gasteiger partial charge in [0.2, 0.25) is 15.9 Å². The van der Waals surface area contributed by atoms with Crippen LogP contribution < -0.4 is 10.2 Å². The van der Waals surface area contributed by atoms with Crippen LogP contribution in [0.4, 0.5) is 4.79 Å². The first-order valence-corrected chi connectivity index (χ1v) is 12.2. The topological polar surface area (TPSA) is 165 Å². The zero-order valence-electron chi connectivity index (χ0n) is 19.1. The number of aromatic nitrogens is 3. The molecule has 2 aromatic heterocycles. The van der Waals surface area contributed by atoms with E-state index >= 15 is 0 Å². The van der Waals surface area contributed by atoms with Crippen LogP contribution in [0, 0.1) is 0 Å². The minimum atomic E-state index is -4.22. The lowest BCUT2D eigenvalue weighted by atomic mass is 10.1. The smallest absolute Gasteiger partial charge is 0.410 e. The molecule has 2 aliphatic heterocycles. The fourth-order valence-corrected chi connectivity index (χ4v) is 5.99. The summed E-state index contributed by atoms with van der Waals surface area (Å²) in [4.78, 5) is 30.6. The molecule has 0 saturated carbocycles. The van der Waals surface area contributed by atoms with Gasteiger partial charge in [-0.25, -0.2) is 23.7 Å². The number of hydroxylamine groups is 1. The van der Waals surface area contributed by atoms with Gasteiger partial charge in [-0.15, -0.1) is 0 Å². The molecule has 14 nitrogen and oxygen atoms in total. The van der Waals surface area contributed by atoms with E-state index < -0.39 is 40.1 Å². The summed E-state index contributed by atoms with van der Waals surface area (Å²) in [6, 6.07) is 0.0412. The molecule has 2 aliphatic rings. The highest BCUT2D eigenvalue weighted by Crippen LogP contribution is 2.38. The number of aryl methyl sites for hydroxylation is 1. The zero-order valence-corrected chi connectivity index (χ0v) is 19.9. The lowest BCUT2D eigenvalue weighted by Gasteiger charge is -2.44. The van der Waals surface area contributed by atoms with E-state index in [1.807, 2.05) is 0 Å². The molecular weight excluding hydrogens is 484 g/mol. The first kappa shape index (κ1) is 24.8. The Balaban J connectivity index is 1.57. The van der Waals surface area contributed by atoms with Crippen LogP contribution in [0.25, 0.3) is 0 Å². The van der Waals surface area contributed by atoms with Crippen molar-refractivity contribution in [3.05, 3.63) is 30.7 Å². The predicted molar refractivity (Wildman–Crippen MR) is 117 cm³/mol. The maximum Gasteiger partial charge on any atom is 0.410 e. The molecule has 2 aromatic rings. The minimum Gasteiger partial charge on any atom is -0.447 e. The van der Waals surface area contributed by atoms with Crippen molar-refractivity contribution in [1.82, 2.24) is 29.4 Å². The van der Waals surface area contributed by atoms with Gasteiger partial charge in [0, 0.05) is 32.8 Å². The van der Waals surface area contributed by atoms with E-state index in [9.17, 15) is 23.2 Å². The molecule has 2 saturated heterocycles. The normalized spacial score (nSPS) is 22.1. The molecular formula is C20H26N6O8S. The summed E-state index contributed by atoms with van der Waals surface area (Å²) >= 11 is 0. The highest BCUT2D eigenvalue weighted by atomic mass is 32.2. The van der Waals surface area contributed by atoms with Crippen LogP contribution in [0.3, 0.4) is 0 Å². The van der Waals surface area contributed by atoms with Crippen LogP contribution in [-0.4, -0.2) is 94.6 Å². The third-order valence-corrected chi connectivity index (χ3v) is 7.76. The highest BCUT2D eigenvalue weighted by molar-refractivity contribution is 7.89. The van der Waals surface area contributed by atoms with Gasteiger partial charge in [-0.3, -0.25) is 19.6 Å². The third-order valence-electron chi connectivity index (χ3n) is 5.93. The molecule has 4 heterocycles. The zero-order chi connectivity index (χ0) is 25.2. The molecule has 2 amide bonds. The van der Waals surface area contributed by atoms with E-state index in [4.69, 9.17) is 14.2 Å². The summed E-state index contributed by atoms with van der Waals surface area (Å²) in [5.74, 6) is -0.358. The number of pyridine rings is 1. The number of carbonyl (C=O) groups is 2. The summed E-state index contributed by atoms with van der Waals surface area (Å²) in [7, 11) is -1.03. The number of piperazine rings is 1. The average Bonchev–Trinajstić information content (AvgIpc) is 3.39. The van der Waals surface area contributed by atoms with Gasteiger partial charge in [0.05, 0.1) is 31.2 Å².